The van der Waals surface area contributed by atoms with E-state index in [9.17, 15) is 0 Å². The molecule has 0 atom stereocenters. The lowest BCUT2D eigenvalue weighted by Crippen LogP contribution is -2.23. The van der Waals surface area contributed by atoms with Crippen LogP contribution in [-0.2, 0) is 0 Å². The van der Waals surface area contributed by atoms with Crippen molar-refractivity contribution in [3.05, 3.63) is 24.3 Å². The van der Waals surface area contributed by atoms with Crippen LogP contribution in [0.15, 0.2) is 24.3 Å². The van der Waals surface area contributed by atoms with Crippen LogP contribution < -0.4 is 10.6 Å². The standard InChI is InChI=1S/C11H14N4O/c1-15(6-7-16)11-10(12)13-8-4-2-3-5-9(8)14-11/h2-5,16H,6-7H2,1H3,(H2,12,13). The molecule has 16 heavy (non-hydrogen) atoms. The summed E-state index contributed by atoms with van der Waals surface area (Å²) in [7, 11) is 1.82. The van der Waals surface area contributed by atoms with E-state index in [4.69, 9.17) is 10.8 Å². The van der Waals surface area contributed by atoms with E-state index in [1.807, 2.05) is 31.3 Å². The van der Waals surface area contributed by atoms with Gasteiger partial charge in [0, 0.05) is 13.6 Å². The number of aromatic nitrogens is 2. The fourth-order valence-corrected chi connectivity index (χ4v) is 1.54. The highest BCUT2D eigenvalue weighted by Gasteiger charge is 2.09. The van der Waals surface area contributed by atoms with Crippen molar-refractivity contribution in [2.75, 3.05) is 30.8 Å². The van der Waals surface area contributed by atoms with E-state index in [1.54, 1.807) is 4.90 Å². The normalized spacial score (nSPS) is 10.6. The second-order valence-corrected chi connectivity index (χ2v) is 3.57. The van der Waals surface area contributed by atoms with Crippen LogP contribution >= 0.6 is 0 Å². The lowest BCUT2D eigenvalue weighted by atomic mass is 10.3. The fourth-order valence-electron chi connectivity index (χ4n) is 1.54. The van der Waals surface area contributed by atoms with E-state index < -0.39 is 0 Å². The van der Waals surface area contributed by atoms with Crippen molar-refractivity contribution in [1.82, 2.24) is 9.97 Å². The molecular formula is C11H14N4O. The highest BCUT2D eigenvalue weighted by atomic mass is 16.3. The van der Waals surface area contributed by atoms with Crippen molar-refractivity contribution in [2.45, 2.75) is 0 Å². The van der Waals surface area contributed by atoms with E-state index in [-0.39, 0.29) is 6.61 Å². The second-order valence-electron chi connectivity index (χ2n) is 3.57. The predicted octanol–water partition coefficient (Wildman–Crippen LogP) is 0.640. The Hall–Kier alpha value is -1.88. The van der Waals surface area contributed by atoms with Crippen LogP contribution in [0.25, 0.3) is 11.0 Å². The Labute approximate surface area is 93.5 Å². The molecule has 0 unspecified atom stereocenters. The van der Waals surface area contributed by atoms with Gasteiger partial charge >= 0.3 is 0 Å². The van der Waals surface area contributed by atoms with Gasteiger partial charge in [-0.25, -0.2) is 9.97 Å². The number of nitrogen functional groups attached to an aromatic ring is 1. The highest BCUT2D eigenvalue weighted by Crippen LogP contribution is 2.20. The highest BCUT2D eigenvalue weighted by molar-refractivity contribution is 5.79. The Bertz CT molecular complexity index is 500. The number of aliphatic hydroxyl groups excluding tert-OH is 1. The number of anilines is 2. The number of rotatable bonds is 3. The zero-order valence-electron chi connectivity index (χ0n) is 9.09. The van der Waals surface area contributed by atoms with Gasteiger partial charge in [0.2, 0.25) is 0 Å². The molecule has 0 saturated carbocycles. The van der Waals surface area contributed by atoms with E-state index in [2.05, 4.69) is 9.97 Å². The summed E-state index contributed by atoms with van der Waals surface area (Å²) in [5.41, 5.74) is 7.40. The Morgan fingerprint density at radius 2 is 1.88 bits per heavy atom. The molecule has 5 nitrogen and oxygen atoms in total. The summed E-state index contributed by atoms with van der Waals surface area (Å²) in [4.78, 5) is 10.5. The van der Waals surface area contributed by atoms with Crippen molar-refractivity contribution in [2.24, 2.45) is 0 Å². The molecule has 0 aliphatic rings. The summed E-state index contributed by atoms with van der Waals surface area (Å²) in [6.45, 7) is 0.543. The molecule has 5 heteroatoms. The Balaban J connectivity index is 2.49. The van der Waals surface area contributed by atoms with Gasteiger partial charge in [0.25, 0.3) is 0 Å². The first kappa shape index (κ1) is 10.6. The number of aliphatic hydroxyl groups is 1. The van der Waals surface area contributed by atoms with Gasteiger partial charge in [0.1, 0.15) is 0 Å². The number of hydrogen-bond donors (Lipinski definition) is 2. The fraction of sp³-hybridized carbons (Fsp3) is 0.273. The van der Waals surface area contributed by atoms with Crippen LogP contribution in [0.5, 0.6) is 0 Å². The van der Waals surface area contributed by atoms with Gasteiger partial charge in [-0.15, -0.1) is 0 Å². The maximum atomic E-state index is 8.87. The molecule has 2 aromatic rings. The molecule has 0 radical (unpaired) electrons. The Morgan fingerprint density at radius 3 is 2.50 bits per heavy atom. The monoisotopic (exact) mass is 218 g/mol. The molecule has 84 valence electrons. The second kappa shape index (κ2) is 4.32. The summed E-state index contributed by atoms with van der Waals surface area (Å²) in [5, 5.41) is 8.87. The Kier molecular flexibility index (Phi) is 2.87. The van der Waals surface area contributed by atoms with E-state index >= 15 is 0 Å². The molecule has 0 aliphatic heterocycles. The first-order chi connectivity index (χ1) is 7.72. The molecule has 0 amide bonds. The molecule has 0 spiro atoms. The minimum absolute atomic E-state index is 0.0600. The molecular weight excluding hydrogens is 204 g/mol. The van der Waals surface area contributed by atoms with Crippen LogP contribution in [0.4, 0.5) is 11.6 Å². The van der Waals surface area contributed by atoms with Gasteiger partial charge in [-0.1, -0.05) is 12.1 Å². The SMILES string of the molecule is CN(CCO)c1nc2ccccc2nc1N. The van der Waals surface area contributed by atoms with Gasteiger partial charge in [0.05, 0.1) is 17.6 Å². The molecule has 1 aromatic carbocycles. The lowest BCUT2D eigenvalue weighted by Gasteiger charge is -2.18. The number of para-hydroxylation sites is 2. The zero-order valence-corrected chi connectivity index (χ0v) is 9.09. The summed E-state index contributed by atoms with van der Waals surface area (Å²) >= 11 is 0. The third kappa shape index (κ3) is 1.90. The molecule has 1 aromatic heterocycles. The molecule has 0 bridgehead atoms. The third-order valence-electron chi connectivity index (χ3n) is 2.38. The number of nitrogens with zero attached hydrogens (tertiary/aromatic N) is 3. The van der Waals surface area contributed by atoms with Crippen molar-refractivity contribution in [3.8, 4) is 0 Å². The van der Waals surface area contributed by atoms with Crippen LogP contribution in [0.3, 0.4) is 0 Å². The van der Waals surface area contributed by atoms with Gasteiger partial charge in [-0.2, -0.15) is 0 Å². The van der Waals surface area contributed by atoms with Crippen LogP contribution in [0.2, 0.25) is 0 Å². The maximum absolute atomic E-state index is 8.87. The number of nitrogens with two attached hydrogens (primary N) is 1. The van der Waals surface area contributed by atoms with E-state index in [0.29, 0.717) is 18.2 Å². The van der Waals surface area contributed by atoms with Crippen LogP contribution in [0, 0.1) is 0 Å². The average molecular weight is 218 g/mol. The molecule has 2 rings (SSSR count). The topological polar surface area (TPSA) is 75.3 Å². The van der Waals surface area contributed by atoms with Gasteiger partial charge in [0.15, 0.2) is 11.6 Å². The van der Waals surface area contributed by atoms with Crippen molar-refractivity contribution in [1.29, 1.82) is 0 Å². The quantitative estimate of drug-likeness (QED) is 0.790. The van der Waals surface area contributed by atoms with Gasteiger partial charge < -0.3 is 15.7 Å². The minimum atomic E-state index is 0.0600. The largest absolute Gasteiger partial charge is 0.395 e. The smallest absolute Gasteiger partial charge is 0.172 e. The predicted molar refractivity (Wildman–Crippen MR) is 64.3 cm³/mol. The summed E-state index contributed by atoms with van der Waals surface area (Å²) < 4.78 is 0. The first-order valence-corrected chi connectivity index (χ1v) is 5.06. The summed E-state index contributed by atoms with van der Waals surface area (Å²) in [6.07, 6.45) is 0. The third-order valence-corrected chi connectivity index (χ3v) is 2.38. The minimum Gasteiger partial charge on any atom is -0.395 e. The molecule has 0 saturated heterocycles. The number of likely N-dealkylation sites (N-methyl/N-ethyl adjacent to an activating group) is 1. The van der Waals surface area contributed by atoms with Crippen molar-refractivity contribution >= 4 is 22.7 Å². The van der Waals surface area contributed by atoms with E-state index in [1.165, 1.54) is 0 Å². The van der Waals surface area contributed by atoms with Crippen molar-refractivity contribution in [3.63, 3.8) is 0 Å². The number of benzene rings is 1. The number of hydrogen-bond acceptors (Lipinski definition) is 5. The number of fused-ring (bicyclic) bond motifs is 1. The van der Waals surface area contributed by atoms with Gasteiger partial charge in [-0.05, 0) is 12.1 Å². The molecule has 0 fully saturated rings. The zero-order chi connectivity index (χ0) is 11.5. The van der Waals surface area contributed by atoms with Gasteiger partial charge in [-0.3, -0.25) is 0 Å². The van der Waals surface area contributed by atoms with Crippen molar-refractivity contribution < 1.29 is 5.11 Å². The molecule has 0 aliphatic carbocycles. The van der Waals surface area contributed by atoms with Crippen LogP contribution in [0.1, 0.15) is 0 Å². The summed E-state index contributed by atoms with van der Waals surface area (Å²) in [5.74, 6) is 0.988. The average Bonchev–Trinajstić information content (AvgIpc) is 2.28. The van der Waals surface area contributed by atoms with E-state index in [0.717, 1.165) is 11.0 Å². The lowest BCUT2D eigenvalue weighted by molar-refractivity contribution is 0.304. The summed E-state index contributed by atoms with van der Waals surface area (Å²) in [6, 6.07) is 7.56. The molecule has 1 heterocycles. The van der Waals surface area contributed by atoms with Crippen LogP contribution in [-0.4, -0.2) is 35.3 Å². The maximum Gasteiger partial charge on any atom is 0.172 e. The first-order valence-electron chi connectivity index (χ1n) is 5.06. The molecule has 3 N–H and O–H groups in total. The Morgan fingerprint density at radius 1 is 1.25 bits per heavy atom.